The number of piperazine rings is 1. The van der Waals surface area contributed by atoms with Crippen LogP contribution in [0.3, 0.4) is 0 Å². The average molecular weight is 278 g/mol. The van der Waals surface area contributed by atoms with Crippen LogP contribution in [0.15, 0.2) is 18.3 Å². The highest BCUT2D eigenvalue weighted by Crippen LogP contribution is 2.14. The Bertz CT molecular complexity index is 374. The standard InChI is InChI=1S/C15H26N4O/c1-20-11-3-2-6-18-7-9-19(10-8-18)15-5-4-14(12-16)13-17-15/h4-5,13H,2-3,6-12,16H2,1H3. The zero-order valence-corrected chi connectivity index (χ0v) is 12.4. The van der Waals surface area contributed by atoms with Crippen molar-refractivity contribution in [2.24, 2.45) is 5.73 Å². The van der Waals surface area contributed by atoms with Crippen LogP contribution in [0.25, 0.3) is 0 Å². The largest absolute Gasteiger partial charge is 0.385 e. The molecule has 5 heteroatoms. The molecule has 2 N–H and O–H groups in total. The number of hydrogen-bond donors (Lipinski definition) is 1. The van der Waals surface area contributed by atoms with Gasteiger partial charge in [-0.1, -0.05) is 6.07 Å². The molecule has 2 heterocycles. The van der Waals surface area contributed by atoms with Crippen LogP contribution in [-0.4, -0.2) is 56.3 Å². The predicted molar refractivity (Wildman–Crippen MR) is 81.9 cm³/mol. The van der Waals surface area contributed by atoms with Gasteiger partial charge in [-0.3, -0.25) is 4.90 Å². The third kappa shape index (κ3) is 4.44. The van der Waals surface area contributed by atoms with E-state index >= 15 is 0 Å². The van der Waals surface area contributed by atoms with E-state index in [4.69, 9.17) is 10.5 Å². The maximum Gasteiger partial charge on any atom is 0.128 e. The van der Waals surface area contributed by atoms with Crippen LogP contribution < -0.4 is 10.6 Å². The first-order valence-electron chi connectivity index (χ1n) is 7.44. The van der Waals surface area contributed by atoms with E-state index in [1.807, 2.05) is 6.20 Å². The molecule has 0 aliphatic carbocycles. The van der Waals surface area contributed by atoms with Gasteiger partial charge < -0.3 is 15.4 Å². The SMILES string of the molecule is COCCCCN1CCN(c2ccc(CN)cn2)CC1. The van der Waals surface area contributed by atoms with E-state index in [1.54, 1.807) is 7.11 Å². The number of aromatic nitrogens is 1. The predicted octanol–water partition coefficient (Wildman–Crippen LogP) is 1.09. The molecule has 1 aliphatic rings. The number of nitrogens with two attached hydrogens (primary N) is 1. The van der Waals surface area contributed by atoms with Crippen LogP contribution in [0.5, 0.6) is 0 Å². The minimum Gasteiger partial charge on any atom is -0.385 e. The van der Waals surface area contributed by atoms with E-state index < -0.39 is 0 Å². The number of unbranched alkanes of at least 4 members (excludes halogenated alkanes) is 1. The molecule has 0 amide bonds. The van der Waals surface area contributed by atoms with Crippen molar-refractivity contribution in [3.05, 3.63) is 23.9 Å². The highest BCUT2D eigenvalue weighted by molar-refractivity contribution is 5.39. The third-order valence-corrected chi connectivity index (χ3v) is 3.81. The van der Waals surface area contributed by atoms with Gasteiger partial charge in [0.15, 0.2) is 0 Å². The van der Waals surface area contributed by atoms with Gasteiger partial charge in [0.1, 0.15) is 5.82 Å². The number of pyridine rings is 1. The first-order valence-corrected chi connectivity index (χ1v) is 7.44. The fourth-order valence-corrected chi connectivity index (χ4v) is 2.51. The van der Waals surface area contributed by atoms with E-state index in [0.717, 1.165) is 50.6 Å². The minimum absolute atomic E-state index is 0.558. The average Bonchev–Trinajstić information content (AvgIpc) is 2.52. The maximum absolute atomic E-state index is 5.60. The van der Waals surface area contributed by atoms with Gasteiger partial charge in [-0.25, -0.2) is 4.98 Å². The monoisotopic (exact) mass is 278 g/mol. The van der Waals surface area contributed by atoms with Gasteiger partial charge in [0.05, 0.1) is 0 Å². The highest BCUT2D eigenvalue weighted by atomic mass is 16.5. The molecule has 5 nitrogen and oxygen atoms in total. The molecule has 0 unspecified atom stereocenters. The summed E-state index contributed by atoms with van der Waals surface area (Å²) >= 11 is 0. The summed E-state index contributed by atoms with van der Waals surface area (Å²) in [7, 11) is 1.77. The van der Waals surface area contributed by atoms with Crippen LogP contribution in [0.4, 0.5) is 5.82 Å². The summed E-state index contributed by atoms with van der Waals surface area (Å²) in [5.41, 5.74) is 6.68. The lowest BCUT2D eigenvalue weighted by Crippen LogP contribution is -2.46. The zero-order valence-electron chi connectivity index (χ0n) is 12.4. The zero-order chi connectivity index (χ0) is 14.2. The second-order valence-corrected chi connectivity index (χ2v) is 5.26. The maximum atomic E-state index is 5.60. The summed E-state index contributed by atoms with van der Waals surface area (Å²) in [6.45, 7) is 6.95. The Hall–Kier alpha value is -1.17. The second kappa shape index (κ2) is 8.19. The molecule has 1 aliphatic heterocycles. The molecule has 0 bridgehead atoms. The first kappa shape index (κ1) is 15.2. The molecule has 0 spiro atoms. The van der Waals surface area contributed by atoms with Gasteiger partial charge in [0.2, 0.25) is 0 Å². The Labute approximate surface area is 121 Å². The number of nitrogens with zero attached hydrogens (tertiary/aromatic N) is 3. The first-order chi connectivity index (χ1) is 9.83. The summed E-state index contributed by atoms with van der Waals surface area (Å²) in [5.74, 6) is 1.07. The molecule has 0 aromatic carbocycles. The van der Waals surface area contributed by atoms with Crippen LogP contribution >= 0.6 is 0 Å². The smallest absolute Gasteiger partial charge is 0.128 e. The Balaban J connectivity index is 1.73. The van der Waals surface area contributed by atoms with Gasteiger partial charge in [-0.05, 0) is 31.0 Å². The van der Waals surface area contributed by atoms with Gasteiger partial charge in [0.25, 0.3) is 0 Å². The Morgan fingerprint density at radius 3 is 2.60 bits per heavy atom. The summed E-state index contributed by atoms with van der Waals surface area (Å²) in [6.07, 6.45) is 4.25. The molecule has 2 rings (SSSR count). The fourth-order valence-electron chi connectivity index (χ4n) is 2.51. The van der Waals surface area contributed by atoms with E-state index in [9.17, 15) is 0 Å². The van der Waals surface area contributed by atoms with Crippen molar-refractivity contribution in [2.75, 3.05) is 51.3 Å². The van der Waals surface area contributed by atoms with Crippen LogP contribution in [0.2, 0.25) is 0 Å². The molecular weight excluding hydrogens is 252 g/mol. The van der Waals surface area contributed by atoms with Gasteiger partial charge in [-0.2, -0.15) is 0 Å². The van der Waals surface area contributed by atoms with E-state index in [0.29, 0.717) is 6.54 Å². The summed E-state index contributed by atoms with van der Waals surface area (Å²) in [4.78, 5) is 9.38. The molecule has 0 saturated carbocycles. The Morgan fingerprint density at radius 1 is 1.20 bits per heavy atom. The molecule has 1 aromatic rings. The number of rotatable bonds is 7. The third-order valence-electron chi connectivity index (χ3n) is 3.81. The molecule has 0 radical (unpaired) electrons. The summed E-state index contributed by atoms with van der Waals surface area (Å²) < 4.78 is 5.08. The second-order valence-electron chi connectivity index (χ2n) is 5.26. The summed E-state index contributed by atoms with van der Waals surface area (Å²) in [6, 6.07) is 4.15. The summed E-state index contributed by atoms with van der Waals surface area (Å²) in [5, 5.41) is 0. The number of ether oxygens (including phenoxy) is 1. The lowest BCUT2D eigenvalue weighted by atomic mass is 10.2. The van der Waals surface area contributed by atoms with E-state index in [-0.39, 0.29) is 0 Å². The van der Waals surface area contributed by atoms with Gasteiger partial charge >= 0.3 is 0 Å². The van der Waals surface area contributed by atoms with Crippen molar-refractivity contribution in [3.63, 3.8) is 0 Å². The Kier molecular flexibility index (Phi) is 6.24. The number of hydrogen-bond acceptors (Lipinski definition) is 5. The van der Waals surface area contributed by atoms with Crippen LogP contribution in [0, 0.1) is 0 Å². The highest BCUT2D eigenvalue weighted by Gasteiger charge is 2.17. The van der Waals surface area contributed by atoms with Crippen LogP contribution in [-0.2, 0) is 11.3 Å². The quantitative estimate of drug-likeness (QED) is 0.757. The molecule has 1 fully saturated rings. The van der Waals surface area contributed by atoms with Gasteiger partial charge in [0, 0.05) is 52.6 Å². The normalized spacial score (nSPS) is 16.6. The van der Waals surface area contributed by atoms with Gasteiger partial charge in [-0.15, -0.1) is 0 Å². The number of methoxy groups -OCH3 is 1. The Morgan fingerprint density at radius 2 is 2.00 bits per heavy atom. The molecule has 20 heavy (non-hydrogen) atoms. The van der Waals surface area contributed by atoms with Crippen molar-refractivity contribution in [2.45, 2.75) is 19.4 Å². The van der Waals surface area contributed by atoms with Crippen molar-refractivity contribution in [3.8, 4) is 0 Å². The lowest BCUT2D eigenvalue weighted by molar-refractivity contribution is 0.182. The molecule has 1 saturated heterocycles. The lowest BCUT2D eigenvalue weighted by Gasteiger charge is -2.35. The molecule has 0 atom stereocenters. The van der Waals surface area contributed by atoms with Crippen molar-refractivity contribution in [1.82, 2.24) is 9.88 Å². The van der Waals surface area contributed by atoms with Crippen LogP contribution in [0.1, 0.15) is 18.4 Å². The van der Waals surface area contributed by atoms with E-state index in [2.05, 4.69) is 26.9 Å². The topological polar surface area (TPSA) is 54.6 Å². The molecule has 112 valence electrons. The molecular formula is C15H26N4O. The van der Waals surface area contributed by atoms with Crippen molar-refractivity contribution < 1.29 is 4.74 Å². The van der Waals surface area contributed by atoms with Crippen molar-refractivity contribution in [1.29, 1.82) is 0 Å². The van der Waals surface area contributed by atoms with Crippen molar-refractivity contribution >= 4 is 5.82 Å². The minimum atomic E-state index is 0.558. The molecule has 1 aromatic heterocycles. The fraction of sp³-hybridized carbons (Fsp3) is 0.667. The number of anilines is 1. The van der Waals surface area contributed by atoms with E-state index in [1.165, 1.54) is 13.0 Å².